The van der Waals surface area contributed by atoms with E-state index in [-0.39, 0.29) is 18.1 Å². The van der Waals surface area contributed by atoms with Gasteiger partial charge in [-0.2, -0.15) is 4.68 Å². The highest BCUT2D eigenvalue weighted by Crippen LogP contribution is 2.19. The average molecular weight is 335 g/mol. The summed E-state index contributed by atoms with van der Waals surface area (Å²) in [6.07, 6.45) is 0.241. The van der Waals surface area contributed by atoms with E-state index in [1.165, 1.54) is 0 Å². The number of nitrogens with zero attached hydrogens (tertiary/aromatic N) is 4. The minimum Gasteiger partial charge on any atom is -0.356 e. The van der Waals surface area contributed by atoms with E-state index in [2.05, 4.69) is 20.8 Å². The third-order valence-electron chi connectivity index (χ3n) is 3.41. The molecule has 124 valence electrons. The topological polar surface area (TPSA) is 89.8 Å². The summed E-state index contributed by atoms with van der Waals surface area (Å²) in [6, 6.07) is 5.95. The Morgan fingerprint density at radius 2 is 2.00 bits per heavy atom. The van der Waals surface area contributed by atoms with Crippen molar-refractivity contribution < 1.29 is 9.00 Å². The number of benzene rings is 1. The molecule has 1 amide bonds. The van der Waals surface area contributed by atoms with Crippen LogP contribution < -0.4 is 5.32 Å². The van der Waals surface area contributed by atoms with Crippen LogP contribution in [0.4, 0.5) is 0 Å². The van der Waals surface area contributed by atoms with Gasteiger partial charge in [-0.3, -0.25) is 9.00 Å². The molecule has 1 aromatic heterocycles. The molecule has 1 aromatic carbocycles. The number of carbonyl (C=O) groups is 1. The minimum absolute atomic E-state index is 0.0878. The van der Waals surface area contributed by atoms with Crippen molar-refractivity contribution >= 4 is 16.7 Å². The molecule has 0 aliphatic carbocycles. The van der Waals surface area contributed by atoms with Crippen molar-refractivity contribution in [3.05, 3.63) is 35.2 Å². The Kier molecular flexibility index (Phi) is 5.97. The number of hydrogen-bond acceptors (Lipinski definition) is 5. The zero-order chi connectivity index (χ0) is 16.8. The van der Waals surface area contributed by atoms with Gasteiger partial charge >= 0.3 is 0 Å². The Morgan fingerprint density at radius 3 is 2.65 bits per heavy atom. The highest BCUT2D eigenvalue weighted by atomic mass is 32.2. The Hall–Kier alpha value is -2.09. The van der Waals surface area contributed by atoms with Gasteiger partial charge in [-0.15, -0.1) is 5.10 Å². The molecule has 0 aliphatic rings. The van der Waals surface area contributed by atoms with Gasteiger partial charge in [-0.1, -0.05) is 18.2 Å². The summed E-state index contributed by atoms with van der Waals surface area (Å²) in [4.78, 5) is 11.4. The number of rotatable bonds is 7. The molecule has 0 saturated heterocycles. The van der Waals surface area contributed by atoms with E-state index >= 15 is 0 Å². The fourth-order valence-corrected chi connectivity index (χ4v) is 3.34. The summed E-state index contributed by atoms with van der Waals surface area (Å²) in [5.41, 5.74) is 3.01. The first-order chi connectivity index (χ1) is 11.0. The predicted molar refractivity (Wildman–Crippen MR) is 88.6 cm³/mol. The zero-order valence-corrected chi connectivity index (χ0v) is 14.4. The fourth-order valence-electron chi connectivity index (χ4n) is 2.32. The molecule has 0 unspecified atom stereocenters. The van der Waals surface area contributed by atoms with Crippen LogP contribution in [0.15, 0.2) is 18.2 Å². The van der Waals surface area contributed by atoms with Crippen LogP contribution in [0.2, 0.25) is 0 Å². The SMILES string of the molecule is CCNC(=O)CC[S@](=O)Cc1nnnn1-c1c(C)cccc1C. The predicted octanol–water partition coefficient (Wildman–Crippen LogP) is 1.05. The van der Waals surface area contributed by atoms with Crippen LogP contribution in [0, 0.1) is 13.8 Å². The van der Waals surface area contributed by atoms with Gasteiger partial charge in [0.15, 0.2) is 5.82 Å². The van der Waals surface area contributed by atoms with Crippen molar-refractivity contribution in [1.29, 1.82) is 0 Å². The standard InChI is InChI=1S/C15H21N5O2S/c1-4-16-14(21)8-9-23(22)10-13-17-18-19-20(13)15-11(2)6-5-7-12(15)3/h5-7H,4,8-10H2,1-3H3,(H,16,21)/t23-/m0/s1. The monoisotopic (exact) mass is 335 g/mol. The molecule has 0 fully saturated rings. The lowest BCUT2D eigenvalue weighted by atomic mass is 10.1. The maximum Gasteiger partial charge on any atom is 0.220 e. The van der Waals surface area contributed by atoms with Crippen molar-refractivity contribution in [1.82, 2.24) is 25.5 Å². The van der Waals surface area contributed by atoms with Crippen LogP contribution in [0.5, 0.6) is 0 Å². The van der Waals surface area contributed by atoms with E-state index in [1.54, 1.807) is 4.68 Å². The highest BCUT2D eigenvalue weighted by Gasteiger charge is 2.15. The lowest BCUT2D eigenvalue weighted by Crippen LogP contribution is -2.24. The third kappa shape index (κ3) is 4.44. The van der Waals surface area contributed by atoms with Crippen LogP contribution in [0.3, 0.4) is 0 Å². The number of tetrazole rings is 1. The normalized spacial score (nSPS) is 12.1. The summed E-state index contributed by atoms with van der Waals surface area (Å²) < 4.78 is 13.8. The molecule has 2 aromatic rings. The molecule has 1 atom stereocenters. The van der Waals surface area contributed by atoms with Crippen LogP contribution in [0.1, 0.15) is 30.3 Å². The van der Waals surface area contributed by atoms with Gasteiger partial charge in [0.25, 0.3) is 0 Å². The maximum atomic E-state index is 12.2. The zero-order valence-electron chi connectivity index (χ0n) is 13.6. The first-order valence-electron chi connectivity index (χ1n) is 7.48. The van der Waals surface area contributed by atoms with Crippen LogP contribution in [0.25, 0.3) is 5.69 Å². The number of aryl methyl sites for hydroxylation is 2. The number of aromatic nitrogens is 4. The molecular formula is C15H21N5O2S. The lowest BCUT2D eigenvalue weighted by molar-refractivity contribution is -0.120. The molecule has 8 heteroatoms. The van der Waals surface area contributed by atoms with Gasteiger partial charge in [0.1, 0.15) is 0 Å². The first-order valence-corrected chi connectivity index (χ1v) is 8.97. The fraction of sp³-hybridized carbons (Fsp3) is 0.467. The molecule has 0 aliphatic heterocycles. The van der Waals surface area contributed by atoms with Crippen molar-refractivity contribution in [3.63, 3.8) is 0 Å². The Labute approximate surface area is 137 Å². The third-order valence-corrected chi connectivity index (χ3v) is 4.65. The second-order valence-electron chi connectivity index (χ2n) is 5.24. The number of para-hydroxylation sites is 1. The van der Waals surface area contributed by atoms with Gasteiger partial charge in [-0.05, 0) is 42.3 Å². The molecule has 1 heterocycles. The van der Waals surface area contributed by atoms with Crippen molar-refractivity contribution in [2.24, 2.45) is 0 Å². The van der Waals surface area contributed by atoms with Gasteiger partial charge in [0.2, 0.25) is 5.91 Å². The lowest BCUT2D eigenvalue weighted by Gasteiger charge is -2.10. The number of carbonyl (C=O) groups excluding carboxylic acids is 1. The van der Waals surface area contributed by atoms with E-state index in [0.29, 0.717) is 18.1 Å². The molecular weight excluding hydrogens is 314 g/mol. The van der Waals surface area contributed by atoms with Crippen molar-refractivity contribution in [3.8, 4) is 5.69 Å². The molecule has 7 nitrogen and oxygen atoms in total. The van der Waals surface area contributed by atoms with E-state index in [0.717, 1.165) is 16.8 Å². The van der Waals surface area contributed by atoms with Gasteiger partial charge in [0, 0.05) is 29.5 Å². The van der Waals surface area contributed by atoms with E-state index in [9.17, 15) is 9.00 Å². The van der Waals surface area contributed by atoms with E-state index in [1.807, 2.05) is 39.0 Å². The molecule has 23 heavy (non-hydrogen) atoms. The molecule has 0 saturated carbocycles. The Bertz CT molecular complexity index is 693. The van der Waals surface area contributed by atoms with Crippen molar-refractivity contribution in [2.45, 2.75) is 32.9 Å². The summed E-state index contributed by atoms with van der Waals surface area (Å²) in [7, 11) is -1.20. The average Bonchev–Trinajstić information content (AvgIpc) is 2.93. The Balaban J connectivity index is 2.10. The maximum absolute atomic E-state index is 12.2. The molecule has 0 spiro atoms. The molecule has 0 bridgehead atoms. The summed E-state index contributed by atoms with van der Waals surface area (Å²) >= 11 is 0. The minimum atomic E-state index is -1.20. The van der Waals surface area contributed by atoms with E-state index < -0.39 is 10.8 Å². The number of nitrogens with one attached hydrogen (secondary N) is 1. The van der Waals surface area contributed by atoms with Crippen LogP contribution in [-0.2, 0) is 21.3 Å². The van der Waals surface area contributed by atoms with Gasteiger partial charge < -0.3 is 5.32 Å². The van der Waals surface area contributed by atoms with Gasteiger partial charge in [0.05, 0.1) is 11.4 Å². The smallest absolute Gasteiger partial charge is 0.220 e. The van der Waals surface area contributed by atoms with Crippen molar-refractivity contribution in [2.75, 3.05) is 12.3 Å². The highest BCUT2D eigenvalue weighted by molar-refractivity contribution is 7.84. The number of hydrogen-bond donors (Lipinski definition) is 1. The summed E-state index contributed by atoms with van der Waals surface area (Å²) in [5, 5.41) is 14.4. The van der Waals surface area contributed by atoms with E-state index in [4.69, 9.17) is 0 Å². The van der Waals surface area contributed by atoms with Gasteiger partial charge in [-0.25, -0.2) is 0 Å². The summed E-state index contributed by atoms with van der Waals surface area (Å²) in [6.45, 7) is 6.41. The molecule has 1 N–H and O–H groups in total. The quantitative estimate of drug-likeness (QED) is 0.817. The number of amides is 1. The second kappa shape index (κ2) is 7.96. The molecule has 2 rings (SSSR count). The molecule has 0 radical (unpaired) electrons. The van der Waals surface area contributed by atoms with Crippen LogP contribution in [-0.4, -0.2) is 42.6 Å². The van der Waals surface area contributed by atoms with Crippen LogP contribution >= 0.6 is 0 Å². The Morgan fingerprint density at radius 1 is 1.30 bits per heavy atom. The first kappa shape index (κ1) is 17.3. The second-order valence-corrected chi connectivity index (χ2v) is 6.82. The largest absolute Gasteiger partial charge is 0.356 e. The summed E-state index contributed by atoms with van der Waals surface area (Å²) in [5.74, 6) is 0.970.